The first-order valence-corrected chi connectivity index (χ1v) is 11.6. The number of hydrogen-bond acceptors (Lipinski definition) is 11. The molecular weight excluding hydrogens is 486 g/mol. The van der Waals surface area contributed by atoms with Crippen LogP contribution in [0.15, 0.2) is 18.3 Å². The van der Waals surface area contributed by atoms with E-state index in [2.05, 4.69) is 48.0 Å². The molecule has 0 bridgehead atoms. The molecule has 0 unspecified atom stereocenters. The fourth-order valence-electron chi connectivity index (χ4n) is 3.88. The van der Waals surface area contributed by atoms with Gasteiger partial charge in [0.2, 0.25) is 5.95 Å². The zero-order chi connectivity index (χ0) is 25.2. The number of rotatable bonds is 6. The number of benzene rings is 1. The van der Waals surface area contributed by atoms with Gasteiger partial charge in [0.15, 0.2) is 17.2 Å². The first kappa shape index (κ1) is 23.4. The lowest BCUT2D eigenvalue weighted by Gasteiger charge is -2.36. The van der Waals surface area contributed by atoms with Crippen molar-refractivity contribution in [1.29, 1.82) is 10.5 Å². The summed E-state index contributed by atoms with van der Waals surface area (Å²) in [7, 11) is 1.31. The minimum Gasteiger partial charge on any atom is -0.452 e. The van der Waals surface area contributed by atoms with Crippen LogP contribution in [0.5, 0.6) is 0 Å². The molecule has 13 nitrogen and oxygen atoms in total. The Labute approximate surface area is 211 Å². The van der Waals surface area contributed by atoms with E-state index < -0.39 is 6.09 Å². The van der Waals surface area contributed by atoms with Crippen LogP contribution in [-0.2, 0) is 4.74 Å². The zero-order valence-corrected chi connectivity index (χ0v) is 20.1. The molecule has 2 aromatic heterocycles. The van der Waals surface area contributed by atoms with Gasteiger partial charge in [-0.3, -0.25) is 5.43 Å². The Morgan fingerprint density at radius 2 is 1.97 bits per heavy atom. The van der Waals surface area contributed by atoms with Crippen molar-refractivity contribution in [3.63, 3.8) is 0 Å². The summed E-state index contributed by atoms with van der Waals surface area (Å²) < 4.78 is 6.07. The second-order valence-electron chi connectivity index (χ2n) is 8.36. The van der Waals surface area contributed by atoms with E-state index in [9.17, 15) is 15.3 Å². The van der Waals surface area contributed by atoms with E-state index in [-0.39, 0.29) is 11.6 Å². The maximum Gasteiger partial charge on any atom is 0.421 e. The lowest BCUT2D eigenvalue weighted by molar-refractivity contribution is 0.119. The number of piperazine rings is 1. The summed E-state index contributed by atoms with van der Waals surface area (Å²) >= 11 is 6.79. The van der Waals surface area contributed by atoms with Crippen LogP contribution in [-0.4, -0.2) is 70.0 Å². The summed E-state index contributed by atoms with van der Waals surface area (Å²) in [5, 5.41) is 32.1. The number of ether oxygens (including phenoxy) is 1. The fraction of sp³-hybridized carbons (Fsp3) is 0.364. The average molecular weight is 508 g/mol. The van der Waals surface area contributed by atoms with Crippen LogP contribution in [0.1, 0.15) is 24.1 Å². The number of halogens is 1. The van der Waals surface area contributed by atoms with E-state index in [1.807, 2.05) is 4.90 Å². The van der Waals surface area contributed by atoms with Crippen LogP contribution in [0.4, 0.5) is 27.9 Å². The van der Waals surface area contributed by atoms with Gasteiger partial charge in [-0.2, -0.15) is 20.0 Å². The van der Waals surface area contributed by atoms with Crippen molar-refractivity contribution in [2.24, 2.45) is 0 Å². The molecule has 2 fully saturated rings. The molecule has 1 aromatic carbocycles. The van der Waals surface area contributed by atoms with E-state index in [0.29, 0.717) is 65.6 Å². The highest BCUT2D eigenvalue weighted by Gasteiger charge is 2.25. The number of amides is 1. The number of nitrogens with one attached hydrogen (secondary N) is 3. The molecule has 3 N–H and O–H groups in total. The van der Waals surface area contributed by atoms with Crippen molar-refractivity contribution >= 4 is 46.5 Å². The predicted molar refractivity (Wildman–Crippen MR) is 131 cm³/mol. The molecule has 184 valence electrons. The Morgan fingerprint density at radius 1 is 1.19 bits per heavy atom. The number of imidazole rings is 1. The van der Waals surface area contributed by atoms with Gasteiger partial charge in [0.1, 0.15) is 6.07 Å². The second-order valence-corrected chi connectivity index (χ2v) is 8.74. The zero-order valence-electron chi connectivity index (χ0n) is 19.3. The predicted octanol–water partition coefficient (Wildman–Crippen LogP) is 2.23. The van der Waals surface area contributed by atoms with Gasteiger partial charge >= 0.3 is 6.09 Å². The molecule has 1 aliphatic carbocycles. The third-order valence-electron chi connectivity index (χ3n) is 5.88. The highest BCUT2D eigenvalue weighted by molar-refractivity contribution is 6.36. The van der Waals surface area contributed by atoms with Gasteiger partial charge in [0.05, 0.1) is 41.3 Å². The number of aromatic nitrogens is 4. The topological polar surface area (TPSA) is 160 Å². The van der Waals surface area contributed by atoms with Gasteiger partial charge in [-0.05, 0) is 25.0 Å². The lowest BCUT2D eigenvalue weighted by atomic mass is 10.1. The van der Waals surface area contributed by atoms with E-state index >= 15 is 0 Å². The molecule has 36 heavy (non-hydrogen) atoms. The average Bonchev–Trinajstić information content (AvgIpc) is 3.61. The largest absolute Gasteiger partial charge is 0.452 e. The van der Waals surface area contributed by atoms with Crippen molar-refractivity contribution < 1.29 is 9.53 Å². The molecule has 5 rings (SSSR count). The first-order chi connectivity index (χ1) is 17.5. The number of hydrogen-bond donors (Lipinski definition) is 3. The number of methoxy groups -OCH3 is 1. The maximum absolute atomic E-state index is 11.5. The normalized spacial score (nSPS) is 15.7. The second kappa shape index (κ2) is 9.73. The minimum atomic E-state index is -0.524. The molecule has 1 saturated heterocycles. The van der Waals surface area contributed by atoms with Crippen molar-refractivity contribution in [2.75, 3.05) is 48.8 Å². The summed E-state index contributed by atoms with van der Waals surface area (Å²) in [6.07, 6.45) is 2.99. The van der Waals surface area contributed by atoms with Gasteiger partial charge in [-0.1, -0.05) is 11.6 Å². The summed E-state index contributed by atoms with van der Waals surface area (Å²) in [6, 6.07) is 7.91. The summed E-state index contributed by atoms with van der Waals surface area (Å²) in [6.45, 7) is 2.21. The molecule has 1 aliphatic heterocycles. The van der Waals surface area contributed by atoms with Gasteiger partial charge < -0.3 is 20.3 Å². The Morgan fingerprint density at radius 3 is 2.64 bits per heavy atom. The number of hydrazine groups is 1. The Hall–Kier alpha value is -4.33. The molecule has 1 amide bonds. The summed E-state index contributed by atoms with van der Waals surface area (Å²) in [5.41, 5.74) is 4.93. The minimum absolute atomic E-state index is 0.204. The molecule has 0 radical (unpaired) electrons. The molecule has 3 aromatic rings. The summed E-state index contributed by atoms with van der Waals surface area (Å²) in [4.78, 5) is 22.4. The van der Waals surface area contributed by atoms with Crippen LogP contribution in [0.25, 0.3) is 5.65 Å². The Bertz CT molecular complexity index is 1400. The standard InChI is InChI=1S/C22H22ClN11O2/c1-36-22(35)31-33-6-4-32(5-7-33)17-9-13(10-24)8-16(18(17)23)28-21-29-19(27-14-2-3-14)20-26-12-15(11-25)34(20)30-21/h8-9,12,14H,2-7H2,1H3,(H,31,35)(H2,27,28,29,30). The first-order valence-electron chi connectivity index (χ1n) is 11.3. The van der Waals surface area contributed by atoms with Gasteiger partial charge in [0, 0.05) is 32.2 Å². The van der Waals surface area contributed by atoms with Crippen LogP contribution in [0, 0.1) is 22.7 Å². The lowest BCUT2D eigenvalue weighted by Crippen LogP contribution is -2.53. The molecule has 2 aliphatic rings. The number of anilines is 4. The molecule has 0 atom stereocenters. The van der Waals surface area contributed by atoms with Gasteiger partial charge in [-0.15, -0.1) is 5.10 Å². The fourth-order valence-corrected chi connectivity index (χ4v) is 4.15. The third kappa shape index (κ3) is 4.75. The summed E-state index contributed by atoms with van der Waals surface area (Å²) in [5.74, 6) is 0.716. The molecule has 1 saturated carbocycles. The van der Waals surface area contributed by atoms with E-state index in [0.717, 1.165) is 12.8 Å². The van der Waals surface area contributed by atoms with Crippen molar-refractivity contribution in [3.8, 4) is 12.1 Å². The van der Waals surface area contributed by atoms with E-state index in [1.54, 1.807) is 17.1 Å². The number of fused-ring (bicyclic) bond motifs is 1. The quantitative estimate of drug-likeness (QED) is 0.448. The van der Waals surface area contributed by atoms with Crippen molar-refractivity contribution in [1.82, 2.24) is 30.0 Å². The Balaban J connectivity index is 1.43. The molecule has 14 heteroatoms. The van der Waals surface area contributed by atoms with Crippen molar-refractivity contribution in [2.45, 2.75) is 18.9 Å². The van der Waals surface area contributed by atoms with Gasteiger partial charge in [-0.25, -0.2) is 14.8 Å². The number of carbonyl (C=O) groups is 1. The van der Waals surface area contributed by atoms with Crippen LogP contribution in [0.2, 0.25) is 5.02 Å². The van der Waals surface area contributed by atoms with E-state index in [4.69, 9.17) is 11.6 Å². The van der Waals surface area contributed by atoms with E-state index in [1.165, 1.54) is 17.8 Å². The smallest absolute Gasteiger partial charge is 0.421 e. The van der Waals surface area contributed by atoms with Gasteiger partial charge in [0.25, 0.3) is 0 Å². The Kier molecular flexibility index (Phi) is 6.33. The molecule has 3 heterocycles. The molecular formula is C22H22ClN11O2. The SMILES string of the molecule is COC(=O)NN1CCN(c2cc(C#N)cc(Nc3nc(NC4CC4)c4ncc(C#N)n4n3)c2Cl)CC1. The third-order valence-corrected chi connectivity index (χ3v) is 6.28. The maximum atomic E-state index is 11.5. The highest BCUT2D eigenvalue weighted by Crippen LogP contribution is 2.36. The number of nitriles is 2. The number of carbonyl (C=O) groups excluding carboxylic acids is 1. The van der Waals surface area contributed by atoms with Crippen LogP contribution in [0.3, 0.4) is 0 Å². The van der Waals surface area contributed by atoms with Crippen LogP contribution >= 0.6 is 11.6 Å². The van der Waals surface area contributed by atoms with Crippen molar-refractivity contribution in [3.05, 3.63) is 34.6 Å². The van der Waals surface area contributed by atoms with Crippen LogP contribution < -0.4 is 21.0 Å². The number of nitrogens with zero attached hydrogens (tertiary/aromatic N) is 8. The molecule has 0 spiro atoms. The highest BCUT2D eigenvalue weighted by atomic mass is 35.5. The monoisotopic (exact) mass is 507 g/mol.